The highest BCUT2D eigenvalue weighted by Gasteiger charge is 2.27. The molecule has 1 atom stereocenters. The Balaban J connectivity index is 2.80. The number of carbonyl (C=O) groups is 1. The maximum Gasteiger partial charge on any atom is 0.179 e. The van der Waals surface area contributed by atoms with Crippen molar-refractivity contribution in [1.82, 2.24) is 0 Å². The summed E-state index contributed by atoms with van der Waals surface area (Å²) in [5.74, 6) is -0.341. The van der Waals surface area contributed by atoms with Crippen LogP contribution < -0.4 is 0 Å². The highest BCUT2D eigenvalue weighted by molar-refractivity contribution is 7.92. The van der Waals surface area contributed by atoms with Gasteiger partial charge in [0, 0.05) is 11.8 Å². The molecule has 1 rings (SSSR count). The smallest absolute Gasteiger partial charge is 0.179 e. The van der Waals surface area contributed by atoms with Crippen LogP contribution in [0.4, 0.5) is 0 Å². The molecule has 14 heavy (non-hydrogen) atoms. The molecule has 0 radical (unpaired) electrons. The van der Waals surface area contributed by atoms with Gasteiger partial charge in [-0.05, 0) is 19.8 Å². The van der Waals surface area contributed by atoms with Gasteiger partial charge in [-0.2, -0.15) is 0 Å². The van der Waals surface area contributed by atoms with E-state index >= 15 is 0 Å². The first-order valence-corrected chi connectivity index (χ1v) is 6.42. The van der Waals surface area contributed by atoms with Gasteiger partial charge in [0.15, 0.2) is 15.6 Å². The van der Waals surface area contributed by atoms with Crippen LogP contribution in [0.2, 0.25) is 0 Å². The second kappa shape index (κ2) is 4.13. The van der Waals surface area contributed by atoms with E-state index < -0.39 is 15.1 Å². The molecule has 0 amide bonds. The molecule has 0 saturated carbocycles. The topological polar surface area (TPSA) is 60.4 Å². The molecule has 0 bridgehead atoms. The molecule has 0 fully saturated rings. The zero-order chi connectivity index (χ0) is 10.8. The molecular formula is C9H14O4S. The minimum atomic E-state index is -3.30. The fourth-order valence-corrected chi connectivity index (χ4v) is 1.74. The van der Waals surface area contributed by atoms with Crippen LogP contribution in [0, 0.1) is 0 Å². The average Bonchev–Trinajstić information content (AvgIpc) is 2.15. The Labute approximate surface area is 83.9 Å². The summed E-state index contributed by atoms with van der Waals surface area (Å²) < 4.78 is 27.2. The Morgan fingerprint density at radius 1 is 1.57 bits per heavy atom. The van der Waals surface area contributed by atoms with Gasteiger partial charge in [-0.1, -0.05) is 0 Å². The molecule has 0 aromatic heterocycles. The van der Waals surface area contributed by atoms with Crippen molar-refractivity contribution in [3.63, 3.8) is 0 Å². The zero-order valence-corrected chi connectivity index (χ0v) is 9.13. The molecule has 5 heteroatoms. The predicted molar refractivity (Wildman–Crippen MR) is 52.6 cm³/mol. The lowest BCUT2D eigenvalue weighted by Gasteiger charge is -2.15. The third kappa shape index (κ3) is 2.57. The predicted octanol–water partition coefficient (Wildman–Crippen LogP) is 0.683. The summed E-state index contributed by atoms with van der Waals surface area (Å²) in [6.45, 7) is 2.01. The van der Waals surface area contributed by atoms with Crippen LogP contribution in [0.25, 0.3) is 0 Å². The highest BCUT2D eigenvalue weighted by Crippen LogP contribution is 2.16. The van der Waals surface area contributed by atoms with Gasteiger partial charge in [-0.3, -0.25) is 4.79 Å². The minimum Gasteiger partial charge on any atom is -0.501 e. The molecule has 0 aliphatic carbocycles. The average molecular weight is 218 g/mol. The van der Waals surface area contributed by atoms with Crippen LogP contribution in [-0.2, 0) is 19.4 Å². The largest absolute Gasteiger partial charge is 0.501 e. The van der Waals surface area contributed by atoms with Crippen LogP contribution >= 0.6 is 0 Å². The molecular weight excluding hydrogens is 204 g/mol. The highest BCUT2D eigenvalue weighted by atomic mass is 32.2. The Bertz CT molecular complexity index is 353. The van der Waals surface area contributed by atoms with Gasteiger partial charge in [0.25, 0.3) is 0 Å². The van der Waals surface area contributed by atoms with Gasteiger partial charge in [-0.25, -0.2) is 8.42 Å². The Kier molecular flexibility index (Phi) is 3.31. The minimum absolute atomic E-state index is 0.341. The SMILES string of the molecule is CC(C(=O)C1=COCCC1)S(C)(=O)=O. The summed E-state index contributed by atoms with van der Waals surface area (Å²) in [5, 5.41) is -0.963. The van der Waals surface area contributed by atoms with Crippen LogP contribution in [0.5, 0.6) is 0 Å². The summed E-state index contributed by atoms with van der Waals surface area (Å²) in [7, 11) is -3.30. The zero-order valence-electron chi connectivity index (χ0n) is 8.32. The van der Waals surface area contributed by atoms with Crippen LogP contribution in [0.1, 0.15) is 19.8 Å². The van der Waals surface area contributed by atoms with E-state index in [4.69, 9.17) is 4.74 Å². The number of hydrogen-bond acceptors (Lipinski definition) is 4. The van der Waals surface area contributed by atoms with Crippen molar-refractivity contribution >= 4 is 15.6 Å². The third-order valence-electron chi connectivity index (χ3n) is 2.26. The standard InChI is InChI=1S/C9H14O4S/c1-7(14(2,11)12)9(10)8-4-3-5-13-6-8/h6-7H,3-5H2,1-2H3. The number of ether oxygens (including phenoxy) is 1. The lowest BCUT2D eigenvalue weighted by molar-refractivity contribution is -0.115. The number of rotatable bonds is 3. The summed E-state index contributed by atoms with van der Waals surface area (Å²) in [6, 6.07) is 0. The van der Waals surface area contributed by atoms with Gasteiger partial charge in [0.1, 0.15) is 5.25 Å². The molecule has 0 aromatic rings. The molecule has 80 valence electrons. The van der Waals surface area contributed by atoms with E-state index in [2.05, 4.69) is 0 Å². The lowest BCUT2D eigenvalue weighted by Crippen LogP contribution is -2.28. The van der Waals surface area contributed by atoms with Gasteiger partial charge in [0.05, 0.1) is 12.9 Å². The molecule has 0 aromatic carbocycles. The Morgan fingerprint density at radius 2 is 2.21 bits per heavy atom. The first kappa shape index (κ1) is 11.2. The van der Waals surface area contributed by atoms with Gasteiger partial charge in [0.2, 0.25) is 0 Å². The second-order valence-electron chi connectivity index (χ2n) is 3.45. The van der Waals surface area contributed by atoms with Crippen molar-refractivity contribution in [2.24, 2.45) is 0 Å². The second-order valence-corrected chi connectivity index (χ2v) is 5.82. The summed E-state index contributed by atoms with van der Waals surface area (Å²) >= 11 is 0. The fourth-order valence-electron chi connectivity index (χ4n) is 1.20. The summed E-state index contributed by atoms with van der Waals surface area (Å²) in [5.41, 5.74) is 0.481. The Morgan fingerprint density at radius 3 is 2.64 bits per heavy atom. The van der Waals surface area contributed by atoms with Gasteiger partial charge in [-0.15, -0.1) is 0 Å². The number of allylic oxidation sites excluding steroid dienone is 1. The molecule has 0 spiro atoms. The lowest BCUT2D eigenvalue weighted by atomic mass is 10.0. The third-order valence-corrected chi connectivity index (χ3v) is 3.76. The van der Waals surface area contributed by atoms with Crippen molar-refractivity contribution in [1.29, 1.82) is 0 Å². The van der Waals surface area contributed by atoms with E-state index in [1.54, 1.807) is 0 Å². The Hall–Kier alpha value is -0.840. The van der Waals surface area contributed by atoms with E-state index in [0.717, 1.165) is 12.7 Å². The number of sulfone groups is 1. The van der Waals surface area contributed by atoms with Crippen LogP contribution in [0.3, 0.4) is 0 Å². The summed E-state index contributed by atoms with van der Waals surface area (Å²) in [4.78, 5) is 11.6. The van der Waals surface area contributed by atoms with Crippen molar-refractivity contribution in [3.8, 4) is 0 Å². The van der Waals surface area contributed by atoms with E-state index in [0.29, 0.717) is 18.6 Å². The number of ketones is 1. The monoisotopic (exact) mass is 218 g/mol. The molecule has 0 saturated heterocycles. The van der Waals surface area contributed by atoms with Crippen molar-refractivity contribution < 1.29 is 17.9 Å². The summed E-state index contributed by atoms with van der Waals surface area (Å²) in [6.07, 6.45) is 3.83. The van der Waals surface area contributed by atoms with Crippen LogP contribution in [0.15, 0.2) is 11.8 Å². The van der Waals surface area contributed by atoms with Gasteiger partial charge < -0.3 is 4.74 Å². The molecule has 1 aliphatic rings. The van der Waals surface area contributed by atoms with E-state index in [1.165, 1.54) is 13.2 Å². The normalized spacial score (nSPS) is 19.4. The molecule has 1 heterocycles. The molecule has 0 N–H and O–H groups in total. The fraction of sp³-hybridized carbons (Fsp3) is 0.667. The molecule has 4 nitrogen and oxygen atoms in total. The van der Waals surface area contributed by atoms with Crippen molar-refractivity contribution in [2.45, 2.75) is 25.0 Å². The van der Waals surface area contributed by atoms with Crippen LogP contribution in [-0.4, -0.2) is 32.3 Å². The van der Waals surface area contributed by atoms with Gasteiger partial charge >= 0.3 is 0 Å². The number of Topliss-reactive ketones (excluding diaryl/α,β-unsaturated/α-hetero) is 1. The quantitative estimate of drug-likeness (QED) is 0.699. The van der Waals surface area contributed by atoms with E-state index in [-0.39, 0.29) is 5.78 Å². The number of hydrogen-bond donors (Lipinski definition) is 0. The van der Waals surface area contributed by atoms with E-state index in [9.17, 15) is 13.2 Å². The van der Waals surface area contributed by atoms with Crippen molar-refractivity contribution in [3.05, 3.63) is 11.8 Å². The van der Waals surface area contributed by atoms with E-state index in [1.807, 2.05) is 0 Å². The number of carbonyl (C=O) groups excluding carboxylic acids is 1. The maximum absolute atomic E-state index is 11.6. The molecule has 1 unspecified atom stereocenters. The first-order chi connectivity index (χ1) is 6.43. The first-order valence-electron chi connectivity index (χ1n) is 4.46. The van der Waals surface area contributed by atoms with Crippen molar-refractivity contribution in [2.75, 3.05) is 12.9 Å². The maximum atomic E-state index is 11.6. The molecule has 1 aliphatic heterocycles.